The molecule has 30 heavy (non-hydrogen) atoms. The summed E-state index contributed by atoms with van der Waals surface area (Å²) in [6.45, 7) is 5.33. The molecular weight excluding hydrogens is 400 g/mol. The van der Waals surface area contributed by atoms with Crippen molar-refractivity contribution in [3.8, 4) is 0 Å². The fourth-order valence-electron chi connectivity index (χ4n) is 3.22. The highest BCUT2D eigenvalue weighted by Crippen LogP contribution is 2.23. The molecule has 1 amide bonds. The Morgan fingerprint density at radius 1 is 1.23 bits per heavy atom. The van der Waals surface area contributed by atoms with Crippen LogP contribution >= 0.6 is 11.8 Å². The van der Waals surface area contributed by atoms with Crippen molar-refractivity contribution in [2.45, 2.75) is 38.1 Å². The molecule has 4 rings (SSSR count). The number of nitrogens with zero attached hydrogens (tertiary/aromatic N) is 6. The standard InChI is InChI=1S/C20H24N8OS/c1-13(2)24-18-14-10-23-28(19(14)26-20(25-18)30-3)9-8-21-17(29)11-27-12-22-15-6-4-5-7-16(15)27/h4-7,10,12-13H,8-9,11H2,1-3H3,(H,21,29)(H,24,25,26). The molecule has 0 saturated carbocycles. The zero-order chi connectivity index (χ0) is 21.1. The summed E-state index contributed by atoms with van der Waals surface area (Å²) in [6.07, 6.45) is 5.40. The molecule has 3 heterocycles. The molecule has 3 aromatic heterocycles. The second kappa shape index (κ2) is 8.70. The van der Waals surface area contributed by atoms with Crippen LogP contribution in [0.25, 0.3) is 22.1 Å². The highest BCUT2D eigenvalue weighted by Gasteiger charge is 2.14. The van der Waals surface area contributed by atoms with Gasteiger partial charge in [-0.25, -0.2) is 19.6 Å². The summed E-state index contributed by atoms with van der Waals surface area (Å²) in [5.74, 6) is 0.706. The van der Waals surface area contributed by atoms with E-state index in [2.05, 4.69) is 44.5 Å². The minimum Gasteiger partial charge on any atom is -0.367 e. The Balaban J connectivity index is 1.42. The fourth-order valence-corrected chi connectivity index (χ4v) is 3.58. The molecule has 4 aromatic rings. The molecule has 0 spiro atoms. The van der Waals surface area contributed by atoms with Gasteiger partial charge in [-0.3, -0.25) is 4.79 Å². The summed E-state index contributed by atoms with van der Waals surface area (Å²) >= 11 is 1.49. The van der Waals surface area contributed by atoms with E-state index in [9.17, 15) is 4.79 Å². The van der Waals surface area contributed by atoms with Gasteiger partial charge in [0, 0.05) is 12.6 Å². The van der Waals surface area contributed by atoms with Crippen LogP contribution in [0.1, 0.15) is 13.8 Å². The largest absolute Gasteiger partial charge is 0.367 e. The number of carbonyl (C=O) groups is 1. The number of carbonyl (C=O) groups excluding carboxylic acids is 1. The zero-order valence-corrected chi connectivity index (χ0v) is 18.0. The number of rotatable bonds is 8. The number of anilines is 1. The number of benzene rings is 1. The lowest BCUT2D eigenvalue weighted by Gasteiger charge is -2.11. The van der Waals surface area contributed by atoms with Gasteiger partial charge in [0.1, 0.15) is 12.4 Å². The summed E-state index contributed by atoms with van der Waals surface area (Å²) in [7, 11) is 0. The Morgan fingerprint density at radius 2 is 2.07 bits per heavy atom. The number of nitrogens with one attached hydrogen (secondary N) is 2. The first-order valence-corrected chi connectivity index (χ1v) is 11.0. The molecule has 10 heteroatoms. The third-order valence-electron chi connectivity index (χ3n) is 4.57. The number of imidazole rings is 1. The lowest BCUT2D eigenvalue weighted by molar-refractivity contribution is -0.121. The molecule has 0 bridgehead atoms. The molecule has 0 fully saturated rings. The molecule has 0 saturated heterocycles. The van der Waals surface area contributed by atoms with Crippen molar-refractivity contribution < 1.29 is 4.79 Å². The molecule has 0 unspecified atom stereocenters. The molecule has 0 aliphatic carbocycles. The Kier molecular flexibility index (Phi) is 5.84. The van der Waals surface area contributed by atoms with Crippen LogP contribution in [0.2, 0.25) is 0 Å². The molecule has 156 valence electrons. The lowest BCUT2D eigenvalue weighted by atomic mass is 10.3. The van der Waals surface area contributed by atoms with Gasteiger partial charge in [0.25, 0.3) is 0 Å². The van der Waals surface area contributed by atoms with E-state index in [4.69, 9.17) is 0 Å². The van der Waals surface area contributed by atoms with Crippen LogP contribution in [0.5, 0.6) is 0 Å². The number of fused-ring (bicyclic) bond motifs is 2. The first kappa shape index (κ1) is 20.1. The zero-order valence-electron chi connectivity index (χ0n) is 17.2. The highest BCUT2D eigenvalue weighted by atomic mass is 32.2. The van der Waals surface area contributed by atoms with Gasteiger partial charge >= 0.3 is 0 Å². The van der Waals surface area contributed by atoms with E-state index < -0.39 is 0 Å². The smallest absolute Gasteiger partial charge is 0.240 e. The lowest BCUT2D eigenvalue weighted by Crippen LogP contribution is -2.30. The molecule has 0 atom stereocenters. The van der Waals surface area contributed by atoms with Gasteiger partial charge < -0.3 is 15.2 Å². The van der Waals surface area contributed by atoms with Crippen LogP contribution in [0.3, 0.4) is 0 Å². The van der Waals surface area contributed by atoms with Gasteiger partial charge in [-0.1, -0.05) is 23.9 Å². The molecule has 0 aliphatic heterocycles. The van der Waals surface area contributed by atoms with E-state index in [0.717, 1.165) is 27.9 Å². The minimum atomic E-state index is -0.0730. The van der Waals surface area contributed by atoms with Gasteiger partial charge in [-0.2, -0.15) is 5.10 Å². The number of thioether (sulfide) groups is 1. The van der Waals surface area contributed by atoms with Gasteiger partial charge in [-0.05, 0) is 32.2 Å². The predicted octanol–water partition coefficient (Wildman–Crippen LogP) is 2.53. The molecule has 1 aromatic carbocycles. The summed E-state index contributed by atoms with van der Waals surface area (Å²) in [5, 5.41) is 12.3. The average Bonchev–Trinajstić information content (AvgIpc) is 3.32. The van der Waals surface area contributed by atoms with Crippen molar-refractivity contribution in [2.75, 3.05) is 18.1 Å². The number of amides is 1. The van der Waals surface area contributed by atoms with E-state index in [0.29, 0.717) is 18.2 Å². The van der Waals surface area contributed by atoms with Crippen LogP contribution in [0.4, 0.5) is 5.82 Å². The summed E-state index contributed by atoms with van der Waals surface area (Å²) in [6, 6.07) is 8.01. The minimum absolute atomic E-state index is 0.0730. The van der Waals surface area contributed by atoms with Crippen molar-refractivity contribution in [3.63, 3.8) is 0 Å². The van der Waals surface area contributed by atoms with Crippen LogP contribution < -0.4 is 10.6 Å². The monoisotopic (exact) mass is 424 g/mol. The Bertz CT molecular complexity index is 1180. The van der Waals surface area contributed by atoms with E-state index >= 15 is 0 Å². The third kappa shape index (κ3) is 4.23. The Morgan fingerprint density at radius 3 is 2.87 bits per heavy atom. The maximum Gasteiger partial charge on any atom is 0.240 e. The summed E-state index contributed by atoms with van der Waals surface area (Å²) < 4.78 is 3.64. The van der Waals surface area contributed by atoms with Gasteiger partial charge in [0.05, 0.1) is 35.5 Å². The third-order valence-corrected chi connectivity index (χ3v) is 5.12. The van der Waals surface area contributed by atoms with Crippen molar-refractivity contribution in [3.05, 3.63) is 36.8 Å². The van der Waals surface area contributed by atoms with E-state index in [1.54, 1.807) is 17.2 Å². The Labute approximate surface area is 178 Å². The molecule has 9 nitrogen and oxygen atoms in total. The average molecular weight is 425 g/mol. The van der Waals surface area contributed by atoms with E-state index in [1.807, 2.05) is 35.1 Å². The van der Waals surface area contributed by atoms with Crippen LogP contribution in [-0.2, 0) is 17.9 Å². The van der Waals surface area contributed by atoms with Crippen LogP contribution in [0.15, 0.2) is 41.9 Å². The second-order valence-electron chi connectivity index (χ2n) is 7.17. The molecule has 0 aliphatic rings. The number of hydrogen-bond acceptors (Lipinski definition) is 7. The molecular formula is C20H24N8OS. The predicted molar refractivity (Wildman–Crippen MR) is 119 cm³/mol. The van der Waals surface area contributed by atoms with Crippen LogP contribution in [0, 0.1) is 0 Å². The number of hydrogen-bond donors (Lipinski definition) is 2. The maximum atomic E-state index is 12.4. The van der Waals surface area contributed by atoms with Crippen molar-refractivity contribution in [2.24, 2.45) is 0 Å². The summed E-state index contributed by atoms with van der Waals surface area (Å²) in [4.78, 5) is 25.9. The van der Waals surface area contributed by atoms with Crippen molar-refractivity contribution in [1.82, 2.24) is 34.6 Å². The SMILES string of the molecule is CSc1nc(NC(C)C)c2cnn(CCNC(=O)Cn3cnc4ccccc43)c2n1. The van der Waals surface area contributed by atoms with Gasteiger partial charge in [0.15, 0.2) is 10.8 Å². The van der Waals surface area contributed by atoms with E-state index in [-0.39, 0.29) is 18.5 Å². The molecule has 2 N–H and O–H groups in total. The van der Waals surface area contributed by atoms with E-state index in [1.165, 1.54) is 11.8 Å². The fraction of sp³-hybridized carbons (Fsp3) is 0.350. The first-order valence-electron chi connectivity index (χ1n) is 9.76. The first-order chi connectivity index (χ1) is 14.5. The van der Waals surface area contributed by atoms with Crippen LogP contribution in [-0.4, -0.2) is 54.0 Å². The second-order valence-corrected chi connectivity index (χ2v) is 7.95. The van der Waals surface area contributed by atoms with Crippen molar-refractivity contribution in [1.29, 1.82) is 0 Å². The molecule has 0 radical (unpaired) electrons. The highest BCUT2D eigenvalue weighted by molar-refractivity contribution is 7.98. The quantitative estimate of drug-likeness (QED) is 0.331. The number of para-hydroxylation sites is 2. The normalized spacial score (nSPS) is 11.5. The summed E-state index contributed by atoms with van der Waals surface area (Å²) in [5.41, 5.74) is 2.58. The maximum absolute atomic E-state index is 12.4. The van der Waals surface area contributed by atoms with Crippen molar-refractivity contribution >= 4 is 45.6 Å². The Hall–Kier alpha value is -3.14. The topological polar surface area (TPSA) is 103 Å². The number of aromatic nitrogens is 6. The van der Waals surface area contributed by atoms with Gasteiger partial charge in [0.2, 0.25) is 5.91 Å². The van der Waals surface area contributed by atoms with Gasteiger partial charge in [-0.15, -0.1) is 0 Å².